The smallest absolute Gasteiger partial charge is 0.305 e. The van der Waals surface area contributed by atoms with Crippen LogP contribution in [0.1, 0.15) is 37.7 Å². The van der Waals surface area contributed by atoms with Gasteiger partial charge in [-0.15, -0.1) is 24.0 Å². The van der Waals surface area contributed by atoms with Gasteiger partial charge in [0.15, 0.2) is 5.96 Å². The van der Waals surface area contributed by atoms with E-state index in [1.165, 1.54) is 12.7 Å². The van der Waals surface area contributed by atoms with Crippen LogP contribution in [0.5, 0.6) is 0 Å². The summed E-state index contributed by atoms with van der Waals surface area (Å²) in [5.41, 5.74) is 1.46. The third kappa shape index (κ3) is 7.01. The molecule has 2 N–H and O–H groups in total. The Balaban J connectivity index is 0.00000312. The van der Waals surface area contributed by atoms with Gasteiger partial charge in [-0.1, -0.05) is 23.7 Å². The Morgan fingerprint density at radius 2 is 2.08 bits per heavy atom. The van der Waals surface area contributed by atoms with Gasteiger partial charge in [-0.3, -0.25) is 9.79 Å². The first kappa shape index (κ1) is 22.0. The monoisotopic (exact) mass is 479 g/mol. The van der Waals surface area contributed by atoms with Crippen LogP contribution in [0, 0.1) is 0 Å². The number of hydrogen-bond donors (Lipinski definition) is 2. The molecule has 0 radical (unpaired) electrons. The van der Waals surface area contributed by atoms with Crippen molar-refractivity contribution in [3.63, 3.8) is 0 Å². The van der Waals surface area contributed by atoms with E-state index in [0.29, 0.717) is 6.42 Å². The van der Waals surface area contributed by atoms with Crippen LogP contribution in [0.3, 0.4) is 0 Å². The van der Waals surface area contributed by atoms with Crippen molar-refractivity contribution < 1.29 is 9.53 Å². The van der Waals surface area contributed by atoms with E-state index in [1.807, 2.05) is 12.1 Å². The van der Waals surface area contributed by atoms with Crippen molar-refractivity contribution in [2.45, 2.75) is 37.5 Å². The van der Waals surface area contributed by atoms with E-state index in [1.54, 1.807) is 7.05 Å². The number of methoxy groups -OCH3 is 1. The number of carbonyl (C=O) groups excluding carboxylic acids is 1. The van der Waals surface area contributed by atoms with Gasteiger partial charge >= 0.3 is 5.97 Å². The Morgan fingerprint density at radius 1 is 1.32 bits per heavy atom. The molecule has 0 amide bonds. The standard InChI is InChI=1S/C18H26ClN3O2.HI/c1-20-17(21-11-4-3-8-16(23)24-2)22-13-18(9-10-18)14-6-5-7-15(19)12-14;/h5-7,12H,3-4,8-11,13H2,1-2H3,(H2,20,21,22);1H. The van der Waals surface area contributed by atoms with Gasteiger partial charge in [0.25, 0.3) is 0 Å². The fourth-order valence-corrected chi connectivity index (χ4v) is 2.90. The predicted molar refractivity (Wildman–Crippen MR) is 113 cm³/mol. The number of carbonyl (C=O) groups is 1. The van der Waals surface area contributed by atoms with Crippen molar-refractivity contribution in [1.82, 2.24) is 10.6 Å². The maximum Gasteiger partial charge on any atom is 0.305 e. The summed E-state index contributed by atoms with van der Waals surface area (Å²) >= 11 is 6.11. The summed E-state index contributed by atoms with van der Waals surface area (Å²) in [6, 6.07) is 8.11. The third-order valence-corrected chi connectivity index (χ3v) is 4.67. The van der Waals surface area contributed by atoms with E-state index in [9.17, 15) is 4.79 Å². The number of hydrogen-bond acceptors (Lipinski definition) is 3. The lowest BCUT2D eigenvalue weighted by Gasteiger charge is -2.19. The van der Waals surface area contributed by atoms with Crippen LogP contribution in [-0.2, 0) is 14.9 Å². The maximum absolute atomic E-state index is 11.1. The number of esters is 1. The number of unbranched alkanes of at least 4 members (excludes halogenated alkanes) is 1. The molecular weight excluding hydrogens is 453 g/mol. The van der Waals surface area contributed by atoms with Crippen molar-refractivity contribution in [2.24, 2.45) is 4.99 Å². The van der Waals surface area contributed by atoms with Gasteiger partial charge in [0.05, 0.1) is 7.11 Å². The molecule has 0 saturated heterocycles. The highest BCUT2D eigenvalue weighted by molar-refractivity contribution is 14.0. The number of nitrogens with one attached hydrogen (secondary N) is 2. The molecule has 1 aromatic carbocycles. The lowest BCUT2D eigenvalue weighted by molar-refractivity contribution is -0.140. The van der Waals surface area contributed by atoms with E-state index in [4.69, 9.17) is 11.6 Å². The summed E-state index contributed by atoms with van der Waals surface area (Å²) in [4.78, 5) is 15.3. The van der Waals surface area contributed by atoms with Crippen LogP contribution in [0.25, 0.3) is 0 Å². The minimum absolute atomic E-state index is 0. The summed E-state index contributed by atoms with van der Waals surface area (Å²) < 4.78 is 4.63. The zero-order valence-corrected chi connectivity index (χ0v) is 17.9. The first-order chi connectivity index (χ1) is 11.6. The van der Waals surface area contributed by atoms with Crippen LogP contribution in [0.2, 0.25) is 5.02 Å². The first-order valence-electron chi connectivity index (χ1n) is 8.37. The minimum Gasteiger partial charge on any atom is -0.469 e. The molecule has 0 bridgehead atoms. The van der Waals surface area contributed by atoms with Gasteiger partial charge < -0.3 is 15.4 Å². The van der Waals surface area contributed by atoms with E-state index in [0.717, 1.165) is 49.8 Å². The quantitative estimate of drug-likeness (QED) is 0.197. The van der Waals surface area contributed by atoms with Gasteiger partial charge in [0.1, 0.15) is 0 Å². The lowest BCUT2D eigenvalue weighted by Crippen LogP contribution is -2.41. The molecule has 1 saturated carbocycles. The van der Waals surface area contributed by atoms with Crippen molar-refractivity contribution in [3.05, 3.63) is 34.9 Å². The second kappa shape index (κ2) is 10.9. The Labute approximate surface area is 172 Å². The molecule has 0 aliphatic heterocycles. The largest absolute Gasteiger partial charge is 0.469 e. The number of nitrogens with zero attached hydrogens (tertiary/aromatic N) is 1. The van der Waals surface area contributed by atoms with E-state index in [2.05, 4.69) is 32.5 Å². The van der Waals surface area contributed by atoms with Crippen molar-refractivity contribution >= 4 is 47.5 Å². The number of benzene rings is 1. The van der Waals surface area contributed by atoms with Crippen LogP contribution in [0.15, 0.2) is 29.3 Å². The summed E-state index contributed by atoms with van der Waals surface area (Å²) in [5, 5.41) is 7.47. The molecule has 1 aliphatic rings. The molecule has 1 fully saturated rings. The van der Waals surface area contributed by atoms with Crippen LogP contribution < -0.4 is 10.6 Å². The molecule has 0 unspecified atom stereocenters. The summed E-state index contributed by atoms with van der Waals surface area (Å²) in [6.07, 6.45) is 4.49. The highest BCUT2D eigenvalue weighted by Gasteiger charge is 2.44. The van der Waals surface area contributed by atoms with Gasteiger partial charge in [-0.05, 0) is 43.4 Å². The third-order valence-electron chi connectivity index (χ3n) is 4.44. The van der Waals surface area contributed by atoms with Gasteiger partial charge in [-0.25, -0.2) is 0 Å². The van der Waals surface area contributed by atoms with Crippen LogP contribution >= 0.6 is 35.6 Å². The normalized spacial score (nSPS) is 15.1. The molecule has 1 aromatic rings. The van der Waals surface area contributed by atoms with E-state index < -0.39 is 0 Å². The maximum atomic E-state index is 11.1. The molecule has 7 heteroatoms. The van der Waals surface area contributed by atoms with Crippen LogP contribution in [0.4, 0.5) is 0 Å². The van der Waals surface area contributed by atoms with Crippen molar-refractivity contribution in [1.29, 1.82) is 0 Å². The Hall–Kier alpha value is -1.02. The molecule has 0 aromatic heterocycles. The summed E-state index contributed by atoms with van der Waals surface area (Å²) in [6.45, 7) is 1.62. The SMILES string of the molecule is CN=C(NCCCCC(=O)OC)NCC1(c2cccc(Cl)c2)CC1.I. The molecule has 0 spiro atoms. The fourth-order valence-electron chi connectivity index (χ4n) is 2.71. The molecule has 5 nitrogen and oxygen atoms in total. The zero-order valence-electron chi connectivity index (χ0n) is 14.8. The predicted octanol–water partition coefficient (Wildman–Crippen LogP) is 3.50. The van der Waals surface area contributed by atoms with E-state index in [-0.39, 0.29) is 35.4 Å². The van der Waals surface area contributed by atoms with Crippen molar-refractivity contribution in [2.75, 3.05) is 27.2 Å². The zero-order chi connectivity index (χ0) is 17.4. The number of aliphatic imine (C=N–C) groups is 1. The highest BCUT2D eigenvalue weighted by atomic mass is 127. The number of halogens is 2. The highest BCUT2D eigenvalue weighted by Crippen LogP contribution is 2.48. The Morgan fingerprint density at radius 3 is 2.68 bits per heavy atom. The average Bonchev–Trinajstić information content (AvgIpc) is 3.38. The van der Waals surface area contributed by atoms with E-state index >= 15 is 0 Å². The van der Waals surface area contributed by atoms with Gasteiger partial charge in [0, 0.05) is 37.0 Å². The summed E-state index contributed by atoms with van der Waals surface area (Å²) in [7, 11) is 3.18. The Kier molecular flexibility index (Phi) is 9.56. The average molecular weight is 480 g/mol. The second-order valence-electron chi connectivity index (χ2n) is 6.18. The molecule has 1 aliphatic carbocycles. The lowest BCUT2D eigenvalue weighted by atomic mass is 9.96. The fraction of sp³-hybridized carbons (Fsp3) is 0.556. The molecular formula is C18H27ClIN3O2. The number of guanidine groups is 1. The first-order valence-corrected chi connectivity index (χ1v) is 8.75. The van der Waals surface area contributed by atoms with Crippen LogP contribution in [-0.4, -0.2) is 39.2 Å². The molecule has 0 heterocycles. The molecule has 0 atom stereocenters. The molecule has 2 rings (SSSR count). The number of rotatable bonds is 8. The minimum atomic E-state index is -0.158. The van der Waals surface area contributed by atoms with Crippen molar-refractivity contribution in [3.8, 4) is 0 Å². The Bertz CT molecular complexity index is 591. The van der Waals surface area contributed by atoms with Gasteiger partial charge in [0.2, 0.25) is 0 Å². The topological polar surface area (TPSA) is 62.7 Å². The molecule has 25 heavy (non-hydrogen) atoms. The summed E-state index contributed by atoms with van der Waals surface area (Å²) in [5.74, 6) is 0.635. The number of ether oxygens (including phenoxy) is 1. The van der Waals surface area contributed by atoms with Gasteiger partial charge in [-0.2, -0.15) is 0 Å². The molecule has 140 valence electrons. The second-order valence-corrected chi connectivity index (χ2v) is 6.61.